The lowest BCUT2D eigenvalue weighted by Crippen LogP contribution is -2.42. The summed E-state index contributed by atoms with van der Waals surface area (Å²) < 4.78 is 47.1. The number of carbonyl (C=O) groups is 1. The molecule has 2 aromatic heterocycles. The number of piperidine rings is 1. The van der Waals surface area contributed by atoms with Gasteiger partial charge < -0.3 is 18.8 Å². The number of fused-ring (bicyclic) bond motifs is 1. The van der Waals surface area contributed by atoms with Gasteiger partial charge in [-0.15, -0.1) is 11.3 Å². The van der Waals surface area contributed by atoms with E-state index in [4.69, 9.17) is 25.8 Å². The summed E-state index contributed by atoms with van der Waals surface area (Å²) in [6.45, 7) is 1.30. The van der Waals surface area contributed by atoms with Crippen molar-refractivity contribution in [2.24, 2.45) is 10.9 Å². The molecular weight excluding hydrogens is 534 g/mol. The van der Waals surface area contributed by atoms with Crippen LogP contribution in [0.3, 0.4) is 0 Å². The third-order valence-corrected chi connectivity index (χ3v) is 10.4. The molecule has 3 aromatic rings. The molecule has 9 nitrogen and oxygen atoms in total. The number of thiophene rings is 1. The summed E-state index contributed by atoms with van der Waals surface area (Å²) >= 11 is 8.27. The highest BCUT2D eigenvalue weighted by Crippen LogP contribution is 2.35. The molecule has 1 aliphatic heterocycles. The monoisotopic (exact) mass is 559 g/mol. The molecule has 1 unspecified atom stereocenters. The molecule has 0 aliphatic carbocycles. The van der Waals surface area contributed by atoms with Crippen LogP contribution in [-0.4, -0.2) is 64.2 Å². The van der Waals surface area contributed by atoms with E-state index < -0.39 is 15.9 Å². The third-order valence-electron chi connectivity index (χ3n) is 5.79. The van der Waals surface area contributed by atoms with Crippen LogP contribution in [0.25, 0.3) is 10.2 Å². The van der Waals surface area contributed by atoms with E-state index in [1.165, 1.54) is 21.7 Å². The zero-order chi connectivity index (χ0) is 25.2. The highest BCUT2D eigenvalue weighted by atomic mass is 35.5. The Bertz CT molecular complexity index is 1400. The predicted molar refractivity (Wildman–Crippen MR) is 136 cm³/mol. The van der Waals surface area contributed by atoms with Gasteiger partial charge in [0.05, 0.1) is 31.1 Å². The molecule has 0 radical (unpaired) electrons. The van der Waals surface area contributed by atoms with Crippen molar-refractivity contribution in [1.29, 1.82) is 0 Å². The van der Waals surface area contributed by atoms with Gasteiger partial charge in [0.2, 0.25) is 0 Å². The van der Waals surface area contributed by atoms with Crippen molar-refractivity contribution in [3.05, 3.63) is 33.4 Å². The smallest absolute Gasteiger partial charge is 0.252 e. The first-order valence-corrected chi connectivity index (χ1v) is 14.3. The molecule has 0 saturated carbocycles. The number of hydrogen-bond acceptors (Lipinski definition) is 8. The topological polar surface area (TPSA) is 99.4 Å². The molecule has 4 rings (SSSR count). The van der Waals surface area contributed by atoms with E-state index in [2.05, 4.69) is 4.99 Å². The van der Waals surface area contributed by atoms with Gasteiger partial charge in [-0.05, 0) is 37.1 Å². The van der Waals surface area contributed by atoms with E-state index in [9.17, 15) is 13.2 Å². The first-order chi connectivity index (χ1) is 16.8. The third kappa shape index (κ3) is 5.27. The molecule has 1 aromatic carbocycles. The Balaban J connectivity index is 1.70. The normalized spacial score (nSPS) is 17.7. The predicted octanol–water partition coefficient (Wildman–Crippen LogP) is 3.61. The standard InChI is InChI=1S/C22H26ClN3O6S3/c1-30-12-11-26-19-15(31-2)6-7-16(32-3)20(19)34-22(26)24-21(27)14-5-4-10-25(13-14)35(28,29)18-9-8-17(23)33-18/h6-9,14H,4-5,10-13H2,1-3H3. The fourth-order valence-corrected chi connectivity index (χ4v) is 8.37. The Morgan fingerprint density at radius 2 is 1.89 bits per heavy atom. The van der Waals surface area contributed by atoms with Crippen LogP contribution in [0.15, 0.2) is 33.5 Å². The number of sulfonamides is 1. The van der Waals surface area contributed by atoms with Gasteiger partial charge in [0.25, 0.3) is 15.9 Å². The van der Waals surface area contributed by atoms with Crippen LogP contribution in [0.5, 0.6) is 11.5 Å². The molecule has 0 N–H and O–H groups in total. The SMILES string of the molecule is COCCn1c(=NC(=O)C2CCCN(S(=O)(=O)c3ccc(Cl)s3)C2)sc2c(OC)ccc(OC)c21. The van der Waals surface area contributed by atoms with Crippen molar-refractivity contribution < 1.29 is 27.4 Å². The molecule has 1 atom stereocenters. The number of thiazole rings is 1. The van der Waals surface area contributed by atoms with E-state index in [0.717, 1.165) is 21.6 Å². The van der Waals surface area contributed by atoms with Crippen molar-refractivity contribution in [3.63, 3.8) is 0 Å². The molecule has 1 saturated heterocycles. The molecule has 190 valence electrons. The molecule has 1 amide bonds. The van der Waals surface area contributed by atoms with Gasteiger partial charge in [-0.2, -0.15) is 9.30 Å². The van der Waals surface area contributed by atoms with E-state index >= 15 is 0 Å². The molecule has 3 heterocycles. The molecule has 13 heteroatoms. The number of amides is 1. The van der Waals surface area contributed by atoms with E-state index in [1.807, 2.05) is 16.7 Å². The second-order valence-electron chi connectivity index (χ2n) is 7.89. The number of aromatic nitrogens is 1. The van der Waals surface area contributed by atoms with Gasteiger partial charge in [-0.3, -0.25) is 4.79 Å². The number of benzene rings is 1. The largest absolute Gasteiger partial charge is 0.495 e. The first-order valence-electron chi connectivity index (χ1n) is 10.9. The van der Waals surface area contributed by atoms with Crippen LogP contribution >= 0.6 is 34.3 Å². The molecule has 1 aliphatic rings. The number of ether oxygens (including phenoxy) is 3. The summed E-state index contributed by atoms with van der Waals surface area (Å²) in [4.78, 5) is 18.2. The zero-order valence-electron chi connectivity index (χ0n) is 19.5. The van der Waals surface area contributed by atoms with Crippen molar-refractivity contribution >= 4 is 60.4 Å². The molecule has 35 heavy (non-hydrogen) atoms. The Hall–Kier alpha value is -1.96. The van der Waals surface area contributed by atoms with Crippen LogP contribution in [-0.2, 0) is 26.1 Å². The van der Waals surface area contributed by atoms with Crippen molar-refractivity contribution in [1.82, 2.24) is 8.87 Å². The fraction of sp³-hybridized carbons (Fsp3) is 0.455. The van der Waals surface area contributed by atoms with Crippen LogP contribution in [0, 0.1) is 5.92 Å². The van der Waals surface area contributed by atoms with E-state index in [-0.39, 0.29) is 16.7 Å². The quantitative estimate of drug-likeness (QED) is 0.418. The Morgan fingerprint density at radius 3 is 2.54 bits per heavy atom. The van der Waals surface area contributed by atoms with E-state index in [0.29, 0.717) is 53.2 Å². The van der Waals surface area contributed by atoms with Gasteiger partial charge in [-0.25, -0.2) is 8.42 Å². The summed E-state index contributed by atoms with van der Waals surface area (Å²) in [7, 11) is 1.05. The molecule has 0 spiro atoms. The number of rotatable bonds is 8. The first kappa shape index (κ1) is 26.1. The van der Waals surface area contributed by atoms with Gasteiger partial charge in [-0.1, -0.05) is 22.9 Å². The van der Waals surface area contributed by atoms with Crippen molar-refractivity contribution in [2.75, 3.05) is 41.0 Å². The maximum atomic E-state index is 13.3. The van der Waals surface area contributed by atoms with Gasteiger partial charge >= 0.3 is 0 Å². The summed E-state index contributed by atoms with van der Waals surface area (Å²) in [6.07, 6.45) is 1.14. The summed E-state index contributed by atoms with van der Waals surface area (Å²) in [5.41, 5.74) is 0.767. The zero-order valence-corrected chi connectivity index (χ0v) is 22.7. The highest BCUT2D eigenvalue weighted by Gasteiger charge is 2.34. The lowest BCUT2D eigenvalue weighted by Gasteiger charge is -2.29. The summed E-state index contributed by atoms with van der Waals surface area (Å²) in [6, 6.07) is 6.67. The Labute approximate surface area is 216 Å². The number of methoxy groups -OCH3 is 3. The molecular formula is C22H26ClN3O6S3. The van der Waals surface area contributed by atoms with Gasteiger partial charge in [0, 0.05) is 26.7 Å². The van der Waals surface area contributed by atoms with Crippen LogP contribution in [0.2, 0.25) is 4.34 Å². The van der Waals surface area contributed by atoms with Gasteiger partial charge in [0.1, 0.15) is 25.9 Å². The van der Waals surface area contributed by atoms with Crippen molar-refractivity contribution in [3.8, 4) is 11.5 Å². The lowest BCUT2D eigenvalue weighted by molar-refractivity contribution is -0.122. The summed E-state index contributed by atoms with van der Waals surface area (Å²) in [5, 5.41) is 0. The van der Waals surface area contributed by atoms with Crippen LogP contribution in [0.4, 0.5) is 0 Å². The average Bonchev–Trinajstić information content (AvgIpc) is 3.46. The number of hydrogen-bond donors (Lipinski definition) is 0. The van der Waals surface area contributed by atoms with Crippen LogP contribution < -0.4 is 14.3 Å². The minimum absolute atomic E-state index is 0.0792. The minimum atomic E-state index is -3.72. The second kappa shape index (κ2) is 11.0. The fourth-order valence-electron chi connectivity index (χ4n) is 4.04. The number of carbonyl (C=O) groups excluding carboxylic acids is 1. The molecule has 0 bridgehead atoms. The maximum Gasteiger partial charge on any atom is 0.252 e. The van der Waals surface area contributed by atoms with Crippen LogP contribution in [0.1, 0.15) is 12.8 Å². The lowest BCUT2D eigenvalue weighted by atomic mass is 9.99. The number of halogens is 1. The average molecular weight is 560 g/mol. The minimum Gasteiger partial charge on any atom is -0.495 e. The second-order valence-corrected chi connectivity index (χ2v) is 12.7. The summed E-state index contributed by atoms with van der Waals surface area (Å²) in [5.74, 6) is 0.380. The Morgan fingerprint density at radius 1 is 1.14 bits per heavy atom. The van der Waals surface area contributed by atoms with Crippen molar-refractivity contribution in [2.45, 2.75) is 23.6 Å². The highest BCUT2D eigenvalue weighted by molar-refractivity contribution is 7.91. The number of nitrogens with zero attached hydrogens (tertiary/aromatic N) is 3. The van der Waals surface area contributed by atoms with Gasteiger partial charge in [0.15, 0.2) is 4.80 Å². The van der Waals surface area contributed by atoms with E-state index in [1.54, 1.807) is 27.4 Å². The maximum absolute atomic E-state index is 13.3. The molecule has 1 fully saturated rings. The Kier molecular flexibility index (Phi) is 8.19.